The molecular weight excluding hydrogens is 224 g/mol. The van der Waals surface area contributed by atoms with Crippen molar-refractivity contribution in [2.24, 2.45) is 5.92 Å². The Morgan fingerprint density at radius 3 is 2.31 bits per heavy atom. The predicted octanol–water partition coefficient (Wildman–Crippen LogP) is 1.50. The standard InChI is InChI=1S/C11H22N2O2S/c1-13(11-5-3-2-4-6-11)16(14,15)12-9-10-7-8-10/h10-12H,2-9H2,1H3. The normalized spacial score (nSPS) is 23.9. The highest BCUT2D eigenvalue weighted by Crippen LogP contribution is 2.28. The van der Waals surface area contributed by atoms with E-state index in [0.29, 0.717) is 12.5 Å². The van der Waals surface area contributed by atoms with Crippen LogP contribution in [0.25, 0.3) is 0 Å². The van der Waals surface area contributed by atoms with E-state index in [1.165, 1.54) is 19.3 Å². The van der Waals surface area contributed by atoms with Gasteiger partial charge >= 0.3 is 0 Å². The molecule has 0 bridgehead atoms. The molecule has 4 nitrogen and oxygen atoms in total. The van der Waals surface area contributed by atoms with E-state index in [4.69, 9.17) is 0 Å². The van der Waals surface area contributed by atoms with Crippen LogP contribution < -0.4 is 4.72 Å². The summed E-state index contributed by atoms with van der Waals surface area (Å²) in [5, 5.41) is 0. The molecule has 0 aromatic rings. The summed E-state index contributed by atoms with van der Waals surface area (Å²) in [5.74, 6) is 0.592. The molecular formula is C11H22N2O2S. The van der Waals surface area contributed by atoms with Crippen molar-refractivity contribution in [3.63, 3.8) is 0 Å². The molecule has 2 aliphatic carbocycles. The number of hydrogen-bond donors (Lipinski definition) is 1. The van der Waals surface area contributed by atoms with Crippen molar-refractivity contribution in [3.8, 4) is 0 Å². The van der Waals surface area contributed by atoms with Gasteiger partial charge < -0.3 is 0 Å². The topological polar surface area (TPSA) is 49.4 Å². The monoisotopic (exact) mass is 246 g/mol. The van der Waals surface area contributed by atoms with Crippen LogP contribution in [0.5, 0.6) is 0 Å². The summed E-state index contributed by atoms with van der Waals surface area (Å²) >= 11 is 0. The van der Waals surface area contributed by atoms with Crippen molar-refractivity contribution < 1.29 is 8.42 Å². The first-order valence-electron chi connectivity index (χ1n) is 6.32. The van der Waals surface area contributed by atoms with E-state index < -0.39 is 10.2 Å². The molecule has 94 valence electrons. The van der Waals surface area contributed by atoms with Gasteiger partial charge in [-0.3, -0.25) is 0 Å². The molecule has 0 saturated heterocycles. The van der Waals surface area contributed by atoms with Crippen LogP contribution in [0.4, 0.5) is 0 Å². The Hall–Kier alpha value is -0.130. The van der Waals surface area contributed by atoms with Crippen molar-refractivity contribution in [2.75, 3.05) is 13.6 Å². The second kappa shape index (κ2) is 5.02. The third-order valence-electron chi connectivity index (χ3n) is 3.72. The lowest BCUT2D eigenvalue weighted by Crippen LogP contribution is -2.45. The molecule has 16 heavy (non-hydrogen) atoms. The van der Waals surface area contributed by atoms with Gasteiger partial charge in [0, 0.05) is 19.6 Å². The summed E-state index contributed by atoms with van der Waals surface area (Å²) in [6, 6.07) is 0.213. The SMILES string of the molecule is CN(C1CCCCC1)S(=O)(=O)NCC1CC1. The fourth-order valence-corrected chi connectivity index (χ4v) is 3.54. The summed E-state index contributed by atoms with van der Waals surface area (Å²) in [7, 11) is -1.52. The maximum Gasteiger partial charge on any atom is 0.279 e. The quantitative estimate of drug-likeness (QED) is 0.799. The van der Waals surface area contributed by atoms with Crippen molar-refractivity contribution in [3.05, 3.63) is 0 Å². The van der Waals surface area contributed by atoms with Gasteiger partial charge in [-0.15, -0.1) is 0 Å². The molecule has 2 aliphatic rings. The number of nitrogens with one attached hydrogen (secondary N) is 1. The summed E-state index contributed by atoms with van der Waals surface area (Å²) in [4.78, 5) is 0. The van der Waals surface area contributed by atoms with Crippen LogP contribution in [0.1, 0.15) is 44.9 Å². The van der Waals surface area contributed by atoms with Crippen LogP contribution in [0.15, 0.2) is 0 Å². The van der Waals surface area contributed by atoms with Crippen LogP contribution >= 0.6 is 0 Å². The highest BCUT2D eigenvalue weighted by molar-refractivity contribution is 7.87. The zero-order valence-corrected chi connectivity index (χ0v) is 10.8. The maximum atomic E-state index is 12.0. The lowest BCUT2D eigenvalue weighted by molar-refractivity contribution is 0.283. The van der Waals surface area contributed by atoms with E-state index >= 15 is 0 Å². The fourth-order valence-electron chi connectivity index (χ4n) is 2.29. The van der Waals surface area contributed by atoms with Gasteiger partial charge in [-0.2, -0.15) is 12.7 Å². The van der Waals surface area contributed by atoms with E-state index in [9.17, 15) is 8.42 Å². The molecule has 0 aliphatic heterocycles. The maximum absolute atomic E-state index is 12.0. The van der Waals surface area contributed by atoms with Gasteiger partial charge in [0.25, 0.3) is 10.2 Å². The van der Waals surface area contributed by atoms with E-state index in [1.54, 1.807) is 11.4 Å². The first-order valence-corrected chi connectivity index (χ1v) is 7.76. The Bertz CT molecular complexity index is 319. The van der Waals surface area contributed by atoms with E-state index in [0.717, 1.165) is 25.7 Å². The van der Waals surface area contributed by atoms with Crippen molar-refractivity contribution in [2.45, 2.75) is 51.0 Å². The van der Waals surface area contributed by atoms with Crippen LogP contribution in [0.3, 0.4) is 0 Å². The zero-order valence-electron chi connectivity index (χ0n) is 9.98. The minimum atomic E-state index is -3.23. The van der Waals surface area contributed by atoms with Gasteiger partial charge in [0.2, 0.25) is 0 Å². The average Bonchev–Trinajstić information content (AvgIpc) is 3.10. The van der Waals surface area contributed by atoms with Crippen molar-refractivity contribution in [1.82, 2.24) is 9.03 Å². The van der Waals surface area contributed by atoms with Gasteiger partial charge in [-0.25, -0.2) is 4.72 Å². The second-order valence-electron chi connectivity index (χ2n) is 5.10. The Morgan fingerprint density at radius 2 is 1.75 bits per heavy atom. The van der Waals surface area contributed by atoms with Gasteiger partial charge in [-0.1, -0.05) is 19.3 Å². The highest BCUT2D eigenvalue weighted by Gasteiger charge is 2.29. The molecule has 0 heterocycles. The van der Waals surface area contributed by atoms with Gasteiger partial charge in [0.1, 0.15) is 0 Å². The molecule has 2 saturated carbocycles. The van der Waals surface area contributed by atoms with Crippen molar-refractivity contribution in [1.29, 1.82) is 0 Å². The molecule has 0 unspecified atom stereocenters. The van der Waals surface area contributed by atoms with Crippen LogP contribution in [-0.4, -0.2) is 32.4 Å². The molecule has 0 atom stereocenters. The van der Waals surface area contributed by atoms with Crippen LogP contribution in [-0.2, 0) is 10.2 Å². The van der Waals surface area contributed by atoms with Crippen LogP contribution in [0, 0.1) is 5.92 Å². The smallest absolute Gasteiger partial charge is 0.202 e. The molecule has 0 radical (unpaired) electrons. The fraction of sp³-hybridized carbons (Fsp3) is 1.00. The lowest BCUT2D eigenvalue weighted by Gasteiger charge is -2.30. The van der Waals surface area contributed by atoms with Crippen molar-refractivity contribution >= 4 is 10.2 Å². The largest absolute Gasteiger partial charge is 0.279 e. The molecule has 2 rings (SSSR count). The Kier molecular flexibility index (Phi) is 3.87. The predicted molar refractivity (Wildman–Crippen MR) is 64.3 cm³/mol. The first kappa shape index (κ1) is 12.3. The summed E-state index contributed by atoms with van der Waals surface area (Å²) < 4.78 is 28.2. The Balaban J connectivity index is 1.86. The highest BCUT2D eigenvalue weighted by atomic mass is 32.2. The molecule has 5 heteroatoms. The van der Waals surface area contributed by atoms with Gasteiger partial charge in [0.15, 0.2) is 0 Å². The zero-order chi connectivity index (χ0) is 11.6. The minimum absolute atomic E-state index is 0.213. The molecule has 2 fully saturated rings. The first-order chi connectivity index (χ1) is 7.59. The Labute approximate surface area is 98.6 Å². The second-order valence-corrected chi connectivity index (χ2v) is 6.92. The third-order valence-corrected chi connectivity index (χ3v) is 5.31. The number of nitrogens with zero attached hydrogens (tertiary/aromatic N) is 1. The van der Waals surface area contributed by atoms with E-state index in [-0.39, 0.29) is 6.04 Å². The number of rotatable bonds is 5. The summed E-state index contributed by atoms with van der Waals surface area (Å²) in [6.45, 7) is 0.624. The minimum Gasteiger partial charge on any atom is -0.202 e. The van der Waals surface area contributed by atoms with Gasteiger partial charge in [0.05, 0.1) is 0 Å². The average molecular weight is 246 g/mol. The van der Waals surface area contributed by atoms with Gasteiger partial charge in [-0.05, 0) is 31.6 Å². The number of hydrogen-bond acceptors (Lipinski definition) is 2. The van der Waals surface area contributed by atoms with E-state index in [1.807, 2.05) is 0 Å². The Morgan fingerprint density at radius 1 is 1.12 bits per heavy atom. The molecule has 0 spiro atoms. The molecule has 1 N–H and O–H groups in total. The lowest BCUT2D eigenvalue weighted by atomic mass is 9.96. The van der Waals surface area contributed by atoms with Crippen LogP contribution in [0.2, 0.25) is 0 Å². The molecule has 0 aromatic heterocycles. The third kappa shape index (κ3) is 3.18. The van der Waals surface area contributed by atoms with E-state index in [2.05, 4.69) is 4.72 Å². The summed E-state index contributed by atoms with van der Waals surface area (Å²) in [5.41, 5.74) is 0. The summed E-state index contributed by atoms with van der Waals surface area (Å²) in [6.07, 6.45) is 7.95. The molecule has 0 aromatic carbocycles. The molecule has 0 amide bonds.